The zero-order valence-corrected chi connectivity index (χ0v) is 19.1. The summed E-state index contributed by atoms with van der Waals surface area (Å²) in [4.78, 5) is 11.3. The molecule has 27 heavy (non-hydrogen) atoms. The summed E-state index contributed by atoms with van der Waals surface area (Å²) in [6, 6.07) is 0. The third kappa shape index (κ3) is 21.8. The number of unbranched alkanes of at least 4 members (excludes halogenated alkanes) is 18. The molecule has 0 aromatic heterocycles. The lowest BCUT2D eigenvalue weighted by Crippen LogP contribution is -2.02. The molecule has 1 nitrogen and oxygen atoms in total. The second-order valence-corrected chi connectivity index (χ2v) is 8.84. The van der Waals surface area contributed by atoms with Gasteiger partial charge in [-0.2, -0.15) is 0 Å². The van der Waals surface area contributed by atoms with E-state index in [1.165, 1.54) is 135 Å². The van der Waals surface area contributed by atoms with Crippen molar-refractivity contribution in [3.63, 3.8) is 0 Å². The smallest absolute Gasteiger partial charge is 0.123 e. The van der Waals surface area contributed by atoms with Gasteiger partial charge in [0.15, 0.2) is 0 Å². The first-order valence-electron chi connectivity index (χ1n) is 12.8. The predicted molar refractivity (Wildman–Crippen MR) is 122 cm³/mol. The van der Waals surface area contributed by atoms with E-state index in [0.717, 1.165) is 12.8 Å². The van der Waals surface area contributed by atoms with Crippen LogP contribution in [0, 0.1) is 5.92 Å². The van der Waals surface area contributed by atoms with Crippen molar-refractivity contribution < 1.29 is 4.79 Å². The fourth-order valence-corrected chi connectivity index (χ4v) is 4.07. The summed E-state index contributed by atoms with van der Waals surface area (Å²) in [5, 5.41) is 0. The van der Waals surface area contributed by atoms with Gasteiger partial charge in [-0.3, -0.25) is 0 Å². The Kier molecular flexibility index (Phi) is 23.4. The maximum absolute atomic E-state index is 11.3. The Morgan fingerprint density at radius 3 is 0.963 bits per heavy atom. The van der Waals surface area contributed by atoms with Crippen molar-refractivity contribution in [1.82, 2.24) is 0 Å². The Hall–Kier alpha value is -0.330. The minimum atomic E-state index is 0.341. The van der Waals surface area contributed by atoms with E-state index in [4.69, 9.17) is 0 Å². The molecule has 0 rings (SSSR count). The van der Waals surface area contributed by atoms with Crippen LogP contribution in [0.25, 0.3) is 0 Å². The quantitative estimate of drug-likeness (QED) is 0.127. The number of carbonyl (C=O) groups is 1. The van der Waals surface area contributed by atoms with Crippen molar-refractivity contribution in [1.29, 1.82) is 0 Å². The maximum atomic E-state index is 11.3. The highest BCUT2D eigenvalue weighted by Crippen LogP contribution is 2.18. The molecule has 0 fully saturated rings. The second kappa shape index (κ2) is 23.7. The zero-order chi connectivity index (χ0) is 19.8. The zero-order valence-electron chi connectivity index (χ0n) is 19.1. The topological polar surface area (TPSA) is 17.1 Å². The number of carbonyl (C=O) groups excluding carboxylic acids is 1. The van der Waals surface area contributed by atoms with Crippen LogP contribution in [-0.2, 0) is 4.79 Å². The van der Waals surface area contributed by atoms with Gasteiger partial charge in [0.2, 0.25) is 0 Å². The van der Waals surface area contributed by atoms with Gasteiger partial charge < -0.3 is 4.79 Å². The van der Waals surface area contributed by atoms with E-state index in [2.05, 4.69) is 13.8 Å². The van der Waals surface area contributed by atoms with Gasteiger partial charge in [-0.05, 0) is 12.8 Å². The van der Waals surface area contributed by atoms with Crippen molar-refractivity contribution in [3.8, 4) is 0 Å². The summed E-state index contributed by atoms with van der Waals surface area (Å²) < 4.78 is 0. The van der Waals surface area contributed by atoms with Crippen LogP contribution in [0.5, 0.6) is 0 Å². The highest BCUT2D eigenvalue weighted by Gasteiger charge is 2.06. The molecule has 1 heteroatoms. The Morgan fingerprint density at radius 2 is 0.704 bits per heavy atom. The molecule has 0 bridgehead atoms. The Bertz CT molecular complexity index is 249. The molecule has 0 saturated carbocycles. The molecule has 0 aliphatic heterocycles. The molecule has 0 heterocycles. The normalized spacial score (nSPS) is 11.4. The van der Waals surface area contributed by atoms with Crippen LogP contribution in [0.3, 0.4) is 0 Å². The van der Waals surface area contributed by atoms with E-state index >= 15 is 0 Å². The van der Waals surface area contributed by atoms with Gasteiger partial charge in [0.25, 0.3) is 0 Å². The first kappa shape index (κ1) is 26.7. The average molecular weight is 381 g/mol. The number of rotatable bonds is 23. The summed E-state index contributed by atoms with van der Waals surface area (Å²) in [7, 11) is 0. The lowest BCUT2D eigenvalue weighted by atomic mass is 9.95. The third-order valence-electron chi connectivity index (χ3n) is 6.05. The molecule has 0 unspecified atom stereocenters. The third-order valence-corrected chi connectivity index (χ3v) is 6.05. The standard InChI is InChI=1S/C26H52O/c1-3-5-7-9-11-13-15-17-19-21-23-26(25-27)24-22-20-18-16-14-12-10-8-6-4-2/h25-26H,3-24H2,1-2H3. The molecule has 0 atom stereocenters. The molecule has 0 aliphatic carbocycles. The van der Waals surface area contributed by atoms with Gasteiger partial charge >= 0.3 is 0 Å². The summed E-state index contributed by atoms with van der Waals surface area (Å²) in [6.07, 6.45) is 31.1. The van der Waals surface area contributed by atoms with E-state index in [-0.39, 0.29) is 0 Å². The highest BCUT2D eigenvalue weighted by atomic mass is 16.1. The maximum Gasteiger partial charge on any atom is 0.123 e. The van der Waals surface area contributed by atoms with E-state index in [0.29, 0.717) is 5.92 Å². The largest absolute Gasteiger partial charge is 0.303 e. The van der Waals surface area contributed by atoms with Gasteiger partial charge in [-0.1, -0.05) is 142 Å². The SMILES string of the molecule is CCCCCCCCCCCCC(C=O)CCCCCCCCCCCC. The average Bonchev–Trinajstić information content (AvgIpc) is 2.69. The van der Waals surface area contributed by atoms with Crippen molar-refractivity contribution in [2.45, 2.75) is 155 Å². The molecule has 0 radical (unpaired) electrons. The highest BCUT2D eigenvalue weighted by molar-refractivity contribution is 5.53. The molecule has 0 spiro atoms. The van der Waals surface area contributed by atoms with Gasteiger partial charge in [-0.15, -0.1) is 0 Å². The first-order chi connectivity index (χ1) is 13.3. The fraction of sp³-hybridized carbons (Fsp3) is 0.962. The molecule has 0 N–H and O–H groups in total. The van der Waals surface area contributed by atoms with Crippen LogP contribution >= 0.6 is 0 Å². The monoisotopic (exact) mass is 380 g/mol. The summed E-state index contributed by atoms with van der Waals surface area (Å²) in [5.41, 5.74) is 0. The van der Waals surface area contributed by atoms with Gasteiger partial charge in [0.05, 0.1) is 0 Å². The lowest BCUT2D eigenvalue weighted by Gasteiger charge is -2.10. The minimum Gasteiger partial charge on any atom is -0.303 e. The van der Waals surface area contributed by atoms with Crippen LogP contribution in [0.4, 0.5) is 0 Å². The van der Waals surface area contributed by atoms with E-state index in [1.807, 2.05) is 0 Å². The number of hydrogen-bond acceptors (Lipinski definition) is 1. The van der Waals surface area contributed by atoms with Gasteiger partial charge in [0.1, 0.15) is 6.29 Å². The first-order valence-corrected chi connectivity index (χ1v) is 12.8. The molecule has 0 aliphatic rings. The van der Waals surface area contributed by atoms with Crippen molar-refractivity contribution in [3.05, 3.63) is 0 Å². The summed E-state index contributed by atoms with van der Waals surface area (Å²) >= 11 is 0. The molecule has 0 aromatic carbocycles. The van der Waals surface area contributed by atoms with Crippen molar-refractivity contribution >= 4 is 6.29 Å². The van der Waals surface area contributed by atoms with Crippen LogP contribution in [0.2, 0.25) is 0 Å². The Balaban J connectivity index is 3.29. The fourth-order valence-electron chi connectivity index (χ4n) is 4.07. The van der Waals surface area contributed by atoms with Crippen LogP contribution in [0.15, 0.2) is 0 Å². The van der Waals surface area contributed by atoms with Crippen LogP contribution < -0.4 is 0 Å². The van der Waals surface area contributed by atoms with Gasteiger partial charge in [-0.25, -0.2) is 0 Å². The van der Waals surface area contributed by atoms with E-state index < -0.39 is 0 Å². The van der Waals surface area contributed by atoms with Crippen molar-refractivity contribution in [2.75, 3.05) is 0 Å². The minimum absolute atomic E-state index is 0.341. The molecule has 0 aromatic rings. The van der Waals surface area contributed by atoms with E-state index in [1.54, 1.807) is 0 Å². The lowest BCUT2D eigenvalue weighted by molar-refractivity contribution is -0.111. The molecular weight excluding hydrogens is 328 g/mol. The summed E-state index contributed by atoms with van der Waals surface area (Å²) in [5.74, 6) is 0.341. The summed E-state index contributed by atoms with van der Waals surface area (Å²) in [6.45, 7) is 4.56. The predicted octanol–water partition coefficient (Wildman–Crippen LogP) is 9.42. The van der Waals surface area contributed by atoms with Crippen molar-refractivity contribution in [2.24, 2.45) is 5.92 Å². The molecule has 162 valence electrons. The van der Waals surface area contributed by atoms with Gasteiger partial charge in [0, 0.05) is 5.92 Å². The van der Waals surface area contributed by atoms with E-state index in [9.17, 15) is 4.79 Å². The number of hydrogen-bond donors (Lipinski definition) is 0. The molecular formula is C26H52O. The Labute approximate surface area is 172 Å². The van der Waals surface area contributed by atoms with Crippen LogP contribution in [0.1, 0.15) is 155 Å². The second-order valence-electron chi connectivity index (χ2n) is 8.84. The molecule has 0 amide bonds. The van der Waals surface area contributed by atoms with Crippen LogP contribution in [-0.4, -0.2) is 6.29 Å². The molecule has 0 saturated heterocycles. The Morgan fingerprint density at radius 1 is 0.444 bits per heavy atom. The number of aldehydes is 1.